The van der Waals surface area contributed by atoms with Crippen LogP contribution in [0.1, 0.15) is 35.3 Å². The number of benzene rings is 2. The molecule has 1 heterocycles. The number of hydrogen-bond donors (Lipinski definition) is 0. The molecule has 0 saturated heterocycles. The molecule has 0 bridgehead atoms. The van der Waals surface area contributed by atoms with Gasteiger partial charge in [-0.15, -0.1) is 11.8 Å². The van der Waals surface area contributed by atoms with Gasteiger partial charge in [-0.2, -0.15) is 0 Å². The van der Waals surface area contributed by atoms with Crippen LogP contribution in [0.3, 0.4) is 0 Å². The summed E-state index contributed by atoms with van der Waals surface area (Å²) in [6, 6.07) is 23.9. The Morgan fingerprint density at radius 1 is 0.857 bits per heavy atom. The van der Waals surface area contributed by atoms with Gasteiger partial charge in [-0.05, 0) is 67.0 Å². The van der Waals surface area contributed by atoms with E-state index >= 15 is 0 Å². The SMILES string of the molecule is O=C(COc1ccc(SCCCCCc2ccccc2)cc1)c1ccccn1. The third-order valence-electron chi connectivity index (χ3n) is 4.37. The van der Waals surface area contributed by atoms with Gasteiger partial charge in [0, 0.05) is 11.1 Å². The van der Waals surface area contributed by atoms with Crippen LogP contribution in [0, 0.1) is 0 Å². The van der Waals surface area contributed by atoms with Gasteiger partial charge >= 0.3 is 0 Å². The molecule has 0 aliphatic rings. The van der Waals surface area contributed by atoms with E-state index in [1.54, 1.807) is 24.4 Å². The maximum atomic E-state index is 12.0. The van der Waals surface area contributed by atoms with Crippen LogP contribution in [0.4, 0.5) is 0 Å². The number of rotatable bonds is 11. The Kier molecular flexibility index (Phi) is 8.13. The minimum absolute atomic E-state index is 0.00488. The number of hydrogen-bond acceptors (Lipinski definition) is 4. The van der Waals surface area contributed by atoms with Crippen molar-refractivity contribution < 1.29 is 9.53 Å². The molecular formula is C24H25NO2S. The molecule has 1 aromatic heterocycles. The molecule has 0 atom stereocenters. The molecule has 4 heteroatoms. The maximum absolute atomic E-state index is 12.0. The summed E-state index contributed by atoms with van der Waals surface area (Å²) in [5.74, 6) is 1.71. The van der Waals surface area contributed by atoms with Crippen molar-refractivity contribution in [3.05, 3.63) is 90.3 Å². The fraction of sp³-hybridized carbons (Fsp3) is 0.250. The molecule has 144 valence electrons. The van der Waals surface area contributed by atoms with E-state index in [0.29, 0.717) is 11.4 Å². The monoisotopic (exact) mass is 391 g/mol. The van der Waals surface area contributed by atoms with Gasteiger partial charge in [0.1, 0.15) is 11.4 Å². The lowest BCUT2D eigenvalue weighted by Gasteiger charge is -2.07. The van der Waals surface area contributed by atoms with E-state index in [0.717, 1.165) is 12.2 Å². The number of aromatic nitrogens is 1. The van der Waals surface area contributed by atoms with Gasteiger partial charge < -0.3 is 4.74 Å². The highest BCUT2D eigenvalue weighted by molar-refractivity contribution is 7.99. The van der Waals surface area contributed by atoms with Crippen LogP contribution in [0.2, 0.25) is 0 Å². The summed E-state index contributed by atoms with van der Waals surface area (Å²) >= 11 is 1.86. The Balaban J connectivity index is 1.31. The zero-order valence-electron chi connectivity index (χ0n) is 15.9. The number of aryl methyl sites for hydroxylation is 1. The molecule has 28 heavy (non-hydrogen) atoms. The van der Waals surface area contributed by atoms with Crippen LogP contribution in [0.5, 0.6) is 5.75 Å². The van der Waals surface area contributed by atoms with E-state index in [1.165, 1.54) is 29.7 Å². The van der Waals surface area contributed by atoms with Crippen LogP contribution in [0.25, 0.3) is 0 Å². The number of ketones is 1. The van der Waals surface area contributed by atoms with E-state index in [-0.39, 0.29) is 12.4 Å². The summed E-state index contributed by atoms with van der Waals surface area (Å²) in [4.78, 5) is 17.3. The number of ether oxygens (including phenoxy) is 1. The quantitative estimate of drug-likeness (QED) is 0.233. The standard InChI is InChI=1S/C24H25NO2S/c26-24(23-12-6-7-17-25-23)19-27-21-13-15-22(16-14-21)28-18-8-2-5-11-20-9-3-1-4-10-20/h1,3-4,6-7,9-10,12-17H,2,5,8,11,18-19H2. The summed E-state index contributed by atoms with van der Waals surface area (Å²) in [5.41, 5.74) is 1.86. The van der Waals surface area contributed by atoms with E-state index in [4.69, 9.17) is 4.74 Å². The Morgan fingerprint density at radius 3 is 2.39 bits per heavy atom. The van der Waals surface area contributed by atoms with Crippen LogP contribution >= 0.6 is 11.8 Å². The van der Waals surface area contributed by atoms with E-state index in [2.05, 4.69) is 47.4 Å². The number of thioether (sulfide) groups is 1. The van der Waals surface area contributed by atoms with Crippen LogP contribution in [0.15, 0.2) is 83.9 Å². The Morgan fingerprint density at radius 2 is 1.64 bits per heavy atom. The molecule has 0 saturated carbocycles. The van der Waals surface area contributed by atoms with Crippen molar-refractivity contribution in [3.8, 4) is 5.75 Å². The molecule has 0 aliphatic carbocycles. The average Bonchev–Trinajstić information content (AvgIpc) is 2.76. The van der Waals surface area contributed by atoms with Crippen molar-refractivity contribution in [3.63, 3.8) is 0 Å². The molecular weight excluding hydrogens is 366 g/mol. The minimum atomic E-state index is -0.116. The highest BCUT2D eigenvalue weighted by Gasteiger charge is 2.07. The van der Waals surface area contributed by atoms with Gasteiger partial charge in [-0.1, -0.05) is 42.8 Å². The number of carbonyl (C=O) groups is 1. The highest BCUT2D eigenvalue weighted by atomic mass is 32.2. The minimum Gasteiger partial charge on any atom is -0.485 e. The molecule has 3 aromatic rings. The highest BCUT2D eigenvalue weighted by Crippen LogP contribution is 2.23. The average molecular weight is 392 g/mol. The summed E-state index contributed by atoms with van der Waals surface area (Å²) < 4.78 is 5.58. The van der Waals surface area contributed by atoms with Gasteiger partial charge in [0.25, 0.3) is 0 Å². The summed E-state index contributed by atoms with van der Waals surface area (Å²) in [7, 11) is 0. The summed E-state index contributed by atoms with van der Waals surface area (Å²) in [6.07, 6.45) is 6.48. The molecule has 3 nitrogen and oxygen atoms in total. The van der Waals surface area contributed by atoms with Crippen LogP contribution < -0.4 is 4.74 Å². The smallest absolute Gasteiger partial charge is 0.218 e. The topological polar surface area (TPSA) is 39.2 Å². The number of Topliss-reactive ketones (excluding diaryl/α,β-unsaturated/α-hetero) is 1. The Bertz CT molecular complexity index is 835. The predicted octanol–water partition coefficient (Wildman–Crippen LogP) is 5.85. The fourth-order valence-electron chi connectivity index (χ4n) is 2.83. The first-order chi connectivity index (χ1) is 13.8. The van der Waals surface area contributed by atoms with Crippen molar-refractivity contribution in [2.75, 3.05) is 12.4 Å². The third-order valence-corrected chi connectivity index (χ3v) is 5.46. The van der Waals surface area contributed by atoms with E-state index < -0.39 is 0 Å². The largest absolute Gasteiger partial charge is 0.485 e. The first-order valence-corrected chi connectivity index (χ1v) is 10.6. The normalized spacial score (nSPS) is 10.6. The number of carbonyl (C=O) groups excluding carboxylic acids is 1. The van der Waals surface area contributed by atoms with Gasteiger partial charge in [-0.3, -0.25) is 9.78 Å². The molecule has 3 rings (SSSR count). The third kappa shape index (κ3) is 6.86. The predicted molar refractivity (Wildman–Crippen MR) is 115 cm³/mol. The van der Waals surface area contributed by atoms with Gasteiger partial charge in [0.05, 0.1) is 0 Å². The van der Waals surface area contributed by atoms with Crippen LogP contribution in [-0.2, 0) is 6.42 Å². The first kappa shape index (κ1) is 20.2. The fourth-order valence-corrected chi connectivity index (χ4v) is 3.74. The molecule has 0 unspecified atom stereocenters. The molecule has 0 N–H and O–H groups in total. The Hall–Kier alpha value is -2.59. The molecule has 0 aliphatic heterocycles. The zero-order chi connectivity index (χ0) is 19.4. The number of pyridine rings is 1. The van der Waals surface area contributed by atoms with Gasteiger partial charge in [-0.25, -0.2) is 0 Å². The summed E-state index contributed by atoms with van der Waals surface area (Å²) in [6.45, 7) is 0.00488. The van der Waals surface area contributed by atoms with Crippen molar-refractivity contribution in [1.82, 2.24) is 4.98 Å². The zero-order valence-corrected chi connectivity index (χ0v) is 16.7. The van der Waals surface area contributed by atoms with Crippen molar-refractivity contribution in [2.24, 2.45) is 0 Å². The van der Waals surface area contributed by atoms with Crippen LogP contribution in [-0.4, -0.2) is 23.1 Å². The van der Waals surface area contributed by atoms with E-state index in [9.17, 15) is 4.79 Å². The lowest BCUT2D eigenvalue weighted by Crippen LogP contribution is -2.12. The van der Waals surface area contributed by atoms with Gasteiger partial charge in [0.2, 0.25) is 5.78 Å². The molecule has 0 radical (unpaired) electrons. The van der Waals surface area contributed by atoms with Crippen molar-refractivity contribution in [1.29, 1.82) is 0 Å². The number of nitrogens with zero attached hydrogens (tertiary/aromatic N) is 1. The second-order valence-corrected chi connectivity index (χ2v) is 7.71. The van der Waals surface area contributed by atoms with E-state index in [1.807, 2.05) is 23.9 Å². The lowest BCUT2D eigenvalue weighted by molar-refractivity contribution is 0.0916. The van der Waals surface area contributed by atoms with Gasteiger partial charge in [0.15, 0.2) is 6.61 Å². The molecule has 0 fully saturated rings. The second kappa shape index (κ2) is 11.3. The van der Waals surface area contributed by atoms with Crippen molar-refractivity contribution in [2.45, 2.75) is 30.6 Å². The first-order valence-electron chi connectivity index (χ1n) is 9.65. The number of unbranched alkanes of at least 4 members (excludes halogenated alkanes) is 2. The molecule has 0 amide bonds. The molecule has 2 aromatic carbocycles. The lowest BCUT2D eigenvalue weighted by atomic mass is 10.1. The van der Waals surface area contributed by atoms with Crippen molar-refractivity contribution >= 4 is 17.5 Å². The Labute approximate surface area is 171 Å². The summed E-state index contributed by atoms with van der Waals surface area (Å²) in [5, 5.41) is 0. The molecule has 0 spiro atoms. The second-order valence-electron chi connectivity index (χ2n) is 6.54. The maximum Gasteiger partial charge on any atom is 0.218 e.